The number of piperidine rings is 1. The van der Waals surface area contributed by atoms with Gasteiger partial charge in [0.15, 0.2) is 11.6 Å². The van der Waals surface area contributed by atoms with Crippen molar-refractivity contribution in [2.24, 2.45) is 0 Å². The van der Waals surface area contributed by atoms with Gasteiger partial charge < -0.3 is 15.3 Å². The molecule has 1 aliphatic rings. The number of hydrogen-bond donors (Lipinski definition) is 3. The van der Waals surface area contributed by atoms with Crippen molar-refractivity contribution in [2.45, 2.75) is 23.8 Å². The number of hydrogen-bond acceptors (Lipinski definition) is 9. The maximum atomic E-state index is 15.8. The van der Waals surface area contributed by atoms with E-state index in [2.05, 4.69) is 29.9 Å². The third kappa shape index (κ3) is 5.78. The van der Waals surface area contributed by atoms with Crippen molar-refractivity contribution in [2.75, 3.05) is 28.0 Å². The van der Waals surface area contributed by atoms with E-state index in [1.165, 1.54) is 24.5 Å². The summed E-state index contributed by atoms with van der Waals surface area (Å²) in [6.45, 7) is 1.31. The van der Waals surface area contributed by atoms with Gasteiger partial charge in [-0.3, -0.25) is 9.29 Å². The van der Waals surface area contributed by atoms with Gasteiger partial charge in [0.1, 0.15) is 45.9 Å². The third-order valence-corrected chi connectivity index (χ3v) is 10.1. The molecule has 3 N–H and O–H groups in total. The maximum absolute atomic E-state index is 15.8. The van der Waals surface area contributed by atoms with Crippen molar-refractivity contribution >= 4 is 78.2 Å². The van der Waals surface area contributed by atoms with E-state index in [1.807, 2.05) is 18.2 Å². The first-order valence-corrected chi connectivity index (χ1v) is 16.6. The highest BCUT2D eigenvalue weighted by Crippen LogP contribution is 2.35. The molecule has 0 spiro atoms. The molecule has 1 fully saturated rings. The molecular formula is C31H24Cl2F2N8O3S. The highest BCUT2D eigenvalue weighted by Gasteiger charge is 2.25. The summed E-state index contributed by atoms with van der Waals surface area (Å²) in [5, 5.41) is 12.6. The van der Waals surface area contributed by atoms with Crippen LogP contribution in [0, 0.1) is 11.6 Å². The predicted molar refractivity (Wildman–Crippen MR) is 176 cm³/mol. The highest BCUT2D eigenvalue weighted by atomic mass is 35.5. The fraction of sp³-hybridized carbons (Fsp3) is 0.161. The number of halogens is 4. The maximum Gasteiger partial charge on any atom is 0.263 e. The molecule has 1 aliphatic heterocycles. The first-order valence-electron chi connectivity index (χ1n) is 14.3. The number of aliphatic hydroxyl groups excluding tert-OH is 1. The second kappa shape index (κ2) is 12.2. The van der Waals surface area contributed by atoms with E-state index in [0.717, 1.165) is 48.2 Å². The van der Waals surface area contributed by atoms with Crippen molar-refractivity contribution < 1.29 is 22.3 Å². The molecule has 11 nitrogen and oxygen atoms in total. The SMILES string of the molecule is O=S(=O)(Nc1ccc(F)c(Nc2ncnc3ccc(-n4cnc5c(N6CCC[C@@H](O)C6)cccc54)nc23)c1F)c1cccc(Cl)c1Cl. The van der Waals surface area contributed by atoms with Crippen molar-refractivity contribution in [3.63, 3.8) is 0 Å². The Labute approximate surface area is 276 Å². The van der Waals surface area contributed by atoms with Gasteiger partial charge in [0.2, 0.25) is 0 Å². The molecular weight excluding hydrogens is 673 g/mol. The summed E-state index contributed by atoms with van der Waals surface area (Å²) in [6.07, 6.45) is 4.05. The Balaban J connectivity index is 1.24. The summed E-state index contributed by atoms with van der Waals surface area (Å²) >= 11 is 12.0. The Kier molecular flexibility index (Phi) is 8.04. The number of para-hydroxylation sites is 1. The van der Waals surface area contributed by atoms with Crippen LogP contribution in [0.15, 0.2) is 78.2 Å². The molecule has 0 unspecified atom stereocenters. The van der Waals surface area contributed by atoms with E-state index in [0.29, 0.717) is 17.9 Å². The van der Waals surface area contributed by atoms with Gasteiger partial charge in [0.25, 0.3) is 10.0 Å². The van der Waals surface area contributed by atoms with Crippen molar-refractivity contribution in [1.29, 1.82) is 0 Å². The van der Waals surface area contributed by atoms with Crippen LogP contribution in [0.4, 0.5) is 31.7 Å². The Morgan fingerprint density at radius 2 is 1.79 bits per heavy atom. The molecule has 0 bridgehead atoms. The van der Waals surface area contributed by atoms with E-state index < -0.39 is 39.1 Å². The van der Waals surface area contributed by atoms with Crippen LogP contribution in [0.3, 0.4) is 0 Å². The lowest BCUT2D eigenvalue weighted by Crippen LogP contribution is -2.38. The lowest BCUT2D eigenvalue weighted by Gasteiger charge is -2.32. The number of anilines is 4. The highest BCUT2D eigenvalue weighted by molar-refractivity contribution is 7.92. The summed E-state index contributed by atoms with van der Waals surface area (Å²) in [5.41, 5.74) is 1.75. The average Bonchev–Trinajstić information content (AvgIpc) is 3.50. The number of sulfonamides is 1. The molecule has 0 radical (unpaired) electrons. The minimum absolute atomic E-state index is 0.00930. The largest absolute Gasteiger partial charge is 0.391 e. The van der Waals surface area contributed by atoms with Crippen LogP contribution in [0.25, 0.3) is 27.9 Å². The lowest BCUT2D eigenvalue weighted by atomic mass is 10.1. The van der Waals surface area contributed by atoms with Gasteiger partial charge in [0, 0.05) is 13.1 Å². The smallest absolute Gasteiger partial charge is 0.263 e. The van der Waals surface area contributed by atoms with E-state index in [4.69, 9.17) is 28.2 Å². The Bertz CT molecular complexity index is 2290. The molecule has 1 atom stereocenters. The van der Waals surface area contributed by atoms with Crippen LogP contribution in [0.2, 0.25) is 10.0 Å². The molecule has 6 aromatic rings. The van der Waals surface area contributed by atoms with Crippen LogP contribution in [0.5, 0.6) is 0 Å². The number of nitrogens with one attached hydrogen (secondary N) is 2. The Morgan fingerprint density at radius 1 is 0.957 bits per heavy atom. The zero-order chi connectivity index (χ0) is 32.9. The van der Waals surface area contributed by atoms with Gasteiger partial charge in [-0.1, -0.05) is 35.3 Å². The Hall–Kier alpha value is -4.63. The standard InChI is InChI=1S/C31H24Cl2F2N8O3S/c32-18-5-1-8-24(26(18)33)47(45,46)41-20-10-9-19(34)28(27(20)35)40-31-29-21(36-15-37-31)11-12-25(39-29)43-16-38-30-22(6-2-7-23(30)43)42-13-3-4-17(44)14-42/h1-2,5-12,15-17,41,44H,3-4,13-14H2,(H,36,37,40)/t17-/m1/s1. The van der Waals surface area contributed by atoms with Crippen LogP contribution in [-0.2, 0) is 10.0 Å². The van der Waals surface area contributed by atoms with Crippen LogP contribution >= 0.6 is 23.2 Å². The first-order chi connectivity index (χ1) is 22.6. The minimum Gasteiger partial charge on any atom is -0.391 e. The summed E-state index contributed by atoms with van der Waals surface area (Å²) in [6, 6.07) is 15.0. The molecule has 0 aliphatic carbocycles. The zero-order valence-electron chi connectivity index (χ0n) is 24.2. The third-order valence-electron chi connectivity index (χ3n) is 7.79. The monoisotopic (exact) mass is 696 g/mol. The fourth-order valence-electron chi connectivity index (χ4n) is 5.55. The molecule has 3 aromatic heterocycles. The van der Waals surface area contributed by atoms with E-state index in [1.54, 1.807) is 23.0 Å². The van der Waals surface area contributed by atoms with Gasteiger partial charge in [-0.05, 0) is 61.4 Å². The van der Waals surface area contributed by atoms with E-state index >= 15 is 8.78 Å². The summed E-state index contributed by atoms with van der Waals surface area (Å²) in [4.78, 5) is 19.5. The van der Waals surface area contributed by atoms with Gasteiger partial charge in [-0.15, -0.1) is 0 Å². The number of rotatable bonds is 7. The second-order valence-corrected chi connectivity index (χ2v) is 13.3. The number of β-amino-alcohol motifs (C(OH)–C–C–N with tert-alkyl or cyclic N) is 1. The zero-order valence-corrected chi connectivity index (χ0v) is 26.5. The van der Waals surface area contributed by atoms with Gasteiger partial charge >= 0.3 is 0 Å². The molecule has 16 heteroatoms. The molecule has 47 heavy (non-hydrogen) atoms. The lowest BCUT2D eigenvalue weighted by molar-refractivity contribution is 0.154. The van der Waals surface area contributed by atoms with Crippen molar-refractivity contribution in [3.05, 3.63) is 95.0 Å². The topological polar surface area (TPSA) is 138 Å². The number of fused-ring (bicyclic) bond motifs is 2. The fourth-order valence-corrected chi connectivity index (χ4v) is 7.37. The molecule has 240 valence electrons. The molecule has 3 aromatic carbocycles. The predicted octanol–water partition coefficient (Wildman–Crippen LogP) is 6.45. The number of aliphatic hydroxyl groups is 1. The molecule has 4 heterocycles. The number of aromatic nitrogens is 5. The second-order valence-electron chi connectivity index (χ2n) is 10.8. The van der Waals surface area contributed by atoms with Crippen LogP contribution < -0.4 is 14.9 Å². The number of pyridine rings is 1. The van der Waals surface area contributed by atoms with Crippen LogP contribution in [0.1, 0.15) is 12.8 Å². The summed E-state index contributed by atoms with van der Waals surface area (Å²) in [7, 11) is -4.41. The molecule has 1 saturated heterocycles. The first kappa shape index (κ1) is 31.0. The molecule has 0 saturated carbocycles. The number of nitrogens with zero attached hydrogens (tertiary/aromatic N) is 6. The summed E-state index contributed by atoms with van der Waals surface area (Å²) in [5.74, 6) is -1.83. The quantitative estimate of drug-likeness (QED) is 0.172. The van der Waals surface area contributed by atoms with Crippen molar-refractivity contribution in [1.82, 2.24) is 24.5 Å². The average molecular weight is 698 g/mol. The van der Waals surface area contributed by atoms with Gasteiger partial charge in [0.05, 0.1) is 38.6 Å². The molecule has 0 amide bonds. The molecule has 7 rings (SSSR count). The van der Waals surface area contributed by atoms with Crippen molar-refractivity contribution in [3.8, 4) is 5.82 Å². The van der Waals surface area contributed by atoms with Gasteiger partial charge in [-0.2, -0.15) is 0 Å². The minimum atomic E-state index is -4.41. The van der Waals surface area contributed by atoms with Crippen LogP contribution in [-0.4, -0.2) is 57.2 Å². The normalized spacial score (nSPS) is 15.3. The number of imidazole rings is 1. The van der Waals surface area contributed by atoms with E-state index in [-0.39, 0.29) is 26.3 Å². The number of benzene rings is 3. The Morgan fingerprint density at radius 3 is 2.62 bits per heavy atom. The summed E-state index contributed by atoms with van der Waals surface area (Å²) < 4.78 is 60.8. The van der Waals surface area contributed by atoms with E-state index in [9.17, 15) is 13.5 Å². The van der Waals surface area contributed by atoms with Gasteiger partial charge in [-0.25, -0.2) is 37.1 Å².